The molecule has 2 aromatic rings. The number of hydrogen-bond donors (Lipinski definition) is 4. The SMILES string of the molecule is COC(=O)[C@H](CCCCO)NC(=O)[C@H](CCc1ccccc1)NC(=O)[C@H](Cc1cccc(O)c1)N1CCCC1=O. The minimum absolute atomic E-state index is 0.0343. The largest absolute Gasteiger partial charge is 0.508 e. The van der Waals surface area contributed by atoms with Crippen LogP contribution in [0.15, 0.2) is 54.6 Å². The lowest BCUT2D eigenvalue weighted by Gasteiger charge is -2.29. The average Bonchev–Trinajstić information content (AvgIpc) is 3.38. The molecule has 0 bridgehead atoms. The van der Waals surface area contributed by atoms with Gasteiger partial charge in [0.1, 0.15) is 23.9 Å². The van der Waals surface area contributed by atoms with E-state index >= 15 is 0 Å². The maximum absolute atomic E-state index is 13.7. The number of aryl methyl sites for hydroxylation is 1. The quantitative estimate of drug-likeness (QED) is 0.195. The summed E-state index contributed by atoms with van der Waals surface area (Å²) in [5.41, 5.74) is 1.66. The van der Waals surface area contributed by atoms with Crippen molar-refractivity contribution in [3.8, 4) is 5.75 Å². The number of phenols is 1. The highest BCUT2D eigenvalue weighted by Crippen LogP contribution is 2.20. The van der Waals surface area contributed by atoms with E-state index in [9.17, 15) is 24.3 Å². The molecule has 3 rings (SSSR count). The second-order valence-corrected chi connectivity index (χ2v) is 9.97. The number of benzene rings is 2. The minimum atomic E-state index is -0.984. The molecule has 3 amide bonds. The lowest BCUT2D eigenvalue weighted by atomic mass is 10.0. The second-order valence-electron chi connectivity index (χ2n) is 9.97. The van der Waals surface area contributed by atoms with Crippen LogP contribution >= 0.6 is 0 Å². The Morgan fingerprint density at radius 2 is 1.68 bits per heavy atom. The van der Waals surface area contributed by atoms with Crippen LogP contribution in [0.25, 0.3) is 0 Å². The zero-order chi connectivity index (χ0) is 28.9. The van der Waals surface area contributed by atoms with Crippen molar-refractivity contribution in [3.05, 3.63) is 65.7 Å². The molecule has 1 aliphatic heterocycles. The molecule has 1 saturated heterocycles. The van der Waals surface area contributed by atoms with Crippen molar-refractivity contribution >= 4 is 23.7 Å². The fraction of sp³-hybridized carbons (Fsp3) is 0.467. The predicted molar refractivity (Wildman–Crippen MR) is 148 cm³/mol. The van der Waals surface area contributed by atoms with E-state index in [1.165, 1.54) is 18.1 Å². The Hall–Kier alpha value is -3.92. The van der Waals surface area contributed by atoms with Crippen LogP contribution in [0, 0.1) is 0 Å². The van der Waals surface area contributed by atoms with Crippen LogP contribution in [0.4, 0.5) is 0 Å². The predicted octanol–water partition coefficient (Wildman–Crippen LogP) is 1.86. The number of aliphatic hydroxyl groups excluding tert-OH is 1. The molecular formula is C30H39N3O7. The number of nitrogens with one attached hydrogen (secondary N) is 2. The molecule has 0 saturated carbocycles. The summed E-state index contributed by atoms with van der Waals surface area (Å²) in [6.07, 6.45) is 3.15. The van der Waals surface area contributed by atoms with Gasteiger partial charge < -0.3 is 30.5 Å². The number of methoxy groups -OCH3 is 1. The molecule has 0 radical (unpaired) electrons. The van der Waals surface area contributed by atoms with E-state index in [1.807, 2.05) is 30.3 Å². The van der Waals surface area contributed by atoms with Gasteiger partial charge in [-0.25, -0.2) is 4.79 Å². The first-order valence-electron chi connectivity index (χ1n) is 13.7. The third kappa shape index (κ3) is 9.08. The first-order chi connectivity index (χ1) is 19.3. The van der Waals surface area contributed by atoms with Gasteiger partial charge in [-0.15, -0.1) is 0 Å². The first-order valence-corrected chi connectivity index (χ1v) is 13.7. The number of phenolic OH excluding ortho intramolecular Hbond substituents is 1. The molecule has 3 atom stereocenters. The Morgan fingerprint density at radius 3 is 2.33 bits per heavy atom. The number of likely N-dealkylation sites (tertiary alicyclic amines) is 1. The van der Waals surface area contributed by atoms with Crippen molar-refractivity contribution in [1.82, 2.24) is 15.5 Å². The Labute approximate surface area is 234 Å². The number of carbonyl (C=O) groups is 4. The summed E-state index contributed by atoms with van der Waals surface area (Å²) >= 11 is 0. The second kappa shape index (κ2) is 15.6. The summed E-state index contributed by atoms with van der Waals surface area (Å²) in [5.74, 6) is -1.71. The molecule has 10 heteroatoms. The fourth-order valence-electron chi connectivity index (χ4n) is 4.87. The van der Waals surface area contributed by atoms with Crippen molar-refractivity contribution in [2.45, 2.75) is 69.5 Å². The van der Waals surface area contributed by atoms with Gasteiger partial charge >= 0.3 is 5.97 Å². The standard InChI is InChI=1S/C30H39N3O7/c1-40-30(39)25(13-5-6-18-34)32-28(37)24(16-15-21-9-3-2-4-10-21)31-29(38)26(33-17-8-14-27(33)36)20-22-11-7-12-23(35)19-22/h2-4,7,9-12,19,24-26,34-35H,5-6,8,13-18,20H2,1H3,(H,31,38)(H,32,37)/t24-,25-,26-/m0/s1. The zero-order valence-corrected chi connectivity index (χ0v) is 22.9. The van der Waals surface area contributed by atoms with E-state index in [4.69, 9.17) is 9.84 Å². The molecule has 1 aliphatic rings. The van der Waals surface area contributed by atoms with Crippen LogP contribution in [0.3, 0.4) is 0 Å². The molecule has 2 aromatic carbocycles. The van der Waals surface area contributed by atoms with E-state index in [0.717, 1.165) is 5.56 Å². The smallest absolute Gasteiger partial charge is 0.328 e. The van der Waals surface area contributed by atoms with E-state index in [1.54, 1.807) is 18.2 Å². The Balaban J connectivity index is 1.81. The number of amides is 3. The number of hydrogen-bond acceptors (Lipinski definition) is 7. The molecule has 0 unspecified atom stereocenters. The van der Waals surface area contributed by atoms with Crippen molar-refractivity contribution in [2.24, 2.45) is 0 Å². The fourth-order valence-corrected chi connectivity index (χ4v) is 4.87. The highest BCUT2D eigenvalue weighted by molar-refractivity contribution is 5.94. The van der Waals surface area contributed by atoms with Gasteiger partial charge in [0.25, 0.3) is 0 Å². The zero-order valence-electron chi connectivity index (χ0n) is 22.9. The van der Waals surface area contributed by atoms with Gasteiger partial charge in [0.2, 0.25) is 17.7 Å². The molecule has 0 aliphatic carbocycles. The van der Waals surface area contributed by atoms with Crippen molar-refractivity contribution < 1.29 is 34.1 Å². The molecule has 4 N–H and O–H groups in total. The topological polar surface area (TPSA) is 145 Å². The molecule has 10 nitrogen and oxygen atoms in total. The summed E-state index contributed by atoms with van der Waals surface area (Å²) in [5, 5.41) is 24.6. The maximum Gasteiger partial charge on any atom is 0.328 e. The Kier molecular flexibility index (Phi) is 12.0. The average molecular weight is 554 g/mol. The van der Waals surface area contributed by atoms with Crippen LogP contribution < -0.4 is 10.6 Å². The molecule has 216 valence electrons. The molecular weight excluding hydrogens is 514 g/mol. The van der Waals surface area contributed by atoms with E-state index < -0.39 is 35.9 Å². The number of esters is 1. The molecule has 0 aromatic heterocycles. The van der Waals surface area contributed by atoms with Crippen molar-refractivity contribution in [2.75, 3.05) is 20.3 Å². The molecule has 1 heterocycles. The van der Waals surface area contributed by atoms with Gasteiger partial charge in [0.05, 0.1) is 7.11 Å². The third-order valence-corrected chi connectivity index (χ3v) is 7.03. The summed E-state index contributed by atoms with van der Waals surface area (Å²) < 4.78 is 4.86. The molecule has 1 fully saturated rings. The van der Waals surface area contributed by atoms with Gasteiger partial charge in [0.15, 0.2) is 0 Å². The maximum atomic E-state index is 13.7. The summed E-state index contributed by atoms with van der Waals surface area (Å²) in [4.78, 5) is 53.7. The summed E-state index contributed by atoms with van der Waals surface area (Å²) in [6, 6.07) is 13.3. The number of rotatable bonds is 15. The summed E-state index contributed by atoms with van der Waals surface area (Å²) in [7, 11) is 1.24. The lowest BCUT2D eigenvalue weighted by Crippen LogP contribution is -2.56. The number of aliphatic hydroxyl groups is 1. The highest BCUT2D eigenvalue weighted by Gasteiger charge is 2.35. The number of nitrogens with zero attached hydrogens (tertiary/aromatic N) is 1. The van der Waals surface area contributed by atoms with Crippen LogP contribution in [0.2, 0.25) is 0 Å². The monoisotopic (exact) mass is 553 g/mol. The highest BCUT2D eigenvalue weighted by atomic mass is 16.5. The van der Waals surface area contributed by atoms with Gasteiger partial charge in [-0.2, -0.15) is 0 Å². The van der Waals surface area contributed by atoms with Gasteiger partial charge in [-0.1, -0.05) is 42.5 Å². The molecule has 0 spiro atoms. The number of unbranched alkanes of at least 4 members (excludes halogenated alkanes) is 1. The van der Waals surface area contributed by atoms with Gasteiger partial charge in [0, 0.05) is 26.0 Å². The van der Waals surface area contributed by atoms with Crippen LogP contribution in [-0.2, 0) is 36.8 Å². The third-order valence-electron chi connectivity index (χ3n) is 7.03. The summed E-state index contributed by atoms with van der Waals surface area (Å²) in [6.45, 7) is 0.388. The Bertz CT molecular complexity index is 1140. The van der Waals surface area contributed by atoms with Gasteiger partial charge in [-0.3, -0.25) is 14.4 Å². The first kappa shape index (κ1) is 30.6. The van der Waals surface area contributed by atoms with E-state index in [2.05, 4.69) is 10.6 Å². The van der Waals surface area contributed by atoms with Gasteiger partial charge in [-0.05, 0) is 61.8 Å². The Morgan fingerprint density at radius 1 is 0.950 bits per heavy atom. The van der Waals surface area contributed by atoms with Crippen LogP contribution in [0.5, 0.6) is 5.75 Å². The number of aromatic hydroxyl groups is 1. The number of ether oxygens (including phenoxy) is 1. The van der Waals surface area contributed by atoms with Crippen LogP contribution in [-0.4, -0.2) is 77.2 Å². The normalized spacial score (nSPS) is 15.2. The van der Waals surface area contributed by atoms with Crippen molar-refractivity contribution in [1.29, 1.82) is 0 Å². The van der Waals surface area contributed by atoms with Crippen molar-refractivity contribution in [3.63, 3.8) is 0 Å². The number of carbonyl (C=O) groups excluding carboxylic acids is 4. The van der Waals surface area contributed by atoms with Crippen LogP contribution in [0.1, 0.15) is 49.7 Å². The minimum Gasteiger partial charge on any atom is -0.508 e. The van der Waals surface area contributed by atoms with E-state index in [0.29, 0.717) is 44.2 Å². The van der Waals surface area contributed by atoms with E-state index in [-0.39, 0.29) is 37.5 Å². The lowest BCUT2D eigenvalue weighted by molar-refractivity contribution is -0.146. The molecule has 40 heavy (non-hydrogen) atoms.